The fraction of sp³-hybridized carbons (Fsp3) is 0.235. The Morgan fingerprint density at radius 1 is 1.12 bits per heavy atom. The van der Waals surface area contributed by atoms with Crippen LogP contribution in [0, 0.1) is 0 Å². The molecule has 1 aliphatic rings. The molecule has 1 aromatic heterocycles. The molecule has 0 spiro atoms. The summed E-state index contributed by atoms with van der Waals surface area (Å²) in [6.45, 7) is 0.0758. The molecule has 2 heterocycles. The van der Waals surface area contributed by atoms with E-state index in [2.05, 4.69) is 4.98 Å². The topological polar surface area (TPSA) is 78.0 Å². The van der Waals surface area contributed by atoms with Gasteiger partial charge in [-0.25, -0.2) is 9.59 Å². The number of hydrogen-bond donors (Lipinski definition) is 0. The van der Waals surface area contributed by atoms with E-state index in [0.717, 1.165) is 5.39 Å². The van der Waals surface area contributed by atoms with Gasteiger partial charge >= 0.3 is 11.9 Å². The fourth-order valence-electron chi connectivity index (χ4n) is 2.64. The van der Waals surface area contributed by atoms with E-state index in [0.29, 0.717) is 11.2 Å². The molecule has 7 heteroatoms. The summed E-state index contributed by atoms with van der Waals surface area (Å²) in [7, 11) is 2.52. The van der Waals surface area contributed by atoms with E-state index in [9.17, 15) is 9.59 Å². The zero-order chi connectivity index (χ0) is 17.1. The Kier molecular flexibility index (Phi) is 4.43. The van der Waals surface area contributed by atoms with Gasteiger partial charge in [-0.2, -0.15) is 0 Å². The lowest BCUT2D eigenvalue weighted by molar-refractivity contribution is -0.140. The third-order valence-electron chi connectivity index (χ3n) is 3.74. The van der Waals surface area contributed by atoms with Gasteiger partial charge in [0, 0.05) is 11.6 Å². The van der Waals surface area contributed by atoms with Crippen LogP contribution in [0.2, 0.25) is 0 Å². The molecule has 0 fully saturated rings. The second kappa shape index (κ2) is 6.67. The summed E-state index contributed by atoms with van der Waals surface area (Å²) in [6, 6.07) is 9.32. The SMILES string of the molecule is COC(=O)C1=C(C(=O)OC)N(c2cccc3cccnc23)COC1. The Balaban J connectivity index is 2.20. The van der Waals surface area contributed by atoms with Crippen molar-refractivity contribution in [2.24, 2.45) is 0 Å². The molecule has 1 aliphatic heterocycles. The van der Waals surface area contributed by atoms with Crippen LogP contribution in [0.15, 0.2) is 47.8 Å². The van der Waals surface area contributed by atoms with E-state index in [1.165, 1.54) is 14.2 Å². The van der Waals surface area contributed by atoms with Gasteiger partial charge in [0.1, 0.15) is 12.4 Å². The molecular formula is C17H16N2O5. The van der Waals surface area contributed by atoms with E-state index in [-0.39, 0.29) is 24.6 Å². The smallest absolute Gasteiger partial charge is 0.355 e. The molecule has 0 bridgehead atoms. The zero-order valence-corrected chi connectivity index (χ0v) is 13.3. The van der Waals surface area contributed by atoms with Crippen LogP contribution in [-0.2, 0) is 23.8 Å². The van der Waals surface area contributed by atoms with E-state index >= 15 is 0 Å². The number of rotatable bonds is 3. The number of esters is 2. The summed E-state index contributed by atoms with van der Waals surface area (Å²) in [5, 5.41) is 0.907. The summed E-state index contributed by atoms with van der Waals surface area (Å²) in [5.74, 6) is -1.26. The van der Waals surface area contributed by atoms with Crippen LogP contribution in [0.3, 0.4) is 0 Å². The lowest BCUT2D eigenvalue weighted by Gasteiger charge is -2.31. The molecule has 0 unspecified atom stereocenters. The van der Waals surface area contributed by atoms with Crippen molar-refractivity contribution in [1.29, 1.82) is 0 Å². The van der Waals surface area contributed by atoms with Crippen LogP contribution in [0.1, 0.15) is 0 Å². The first-order chi connectivity index (χ1) is 11.7. The highest BCUT2D eigenvalue weighted by atomic mass is 16.5. The number of aromatic nitrogens is 1. The molecule has 0 saturated carbocycles. The number of methoxy groups -OCH3 is 2. The number of ether oxygens (including phenoxy) is 3. The minimum absolute atomic E-state index is 0.0220. The van der Waals surface area contributed by atoms with Crippen LogP contribution in [0.5, 0.6) is 0 Å². The number of pyridine rings is 1. The Morgan fingerprint density at radius 2 is 1.88 bits per heavy atom. The van der Waals surface area contributed by atoms with E-state index in [4.69, 9.17) is 14.2 Å². The molecule has 3 rings (SSSR count). The average molecular weight is 328 g/mol. The highest BCUT2D eigenvalue weighted by Crippen LogP contribution is 2.31. The highest BCUT2D eigenvalue weighted by molar-refractivity contribution is 6.05. The quantitative estimate of drug-likeness (QED) is 0.792. The molecule has 0 N–H and O–H groups in total. The van der Waals surface area contributed by atoms with Crippen molar-refractivity contribution in [1.82, 2.24) is 4.98 Å². The van der Waals surface area contributed by atoms with Crippen LogP contribution in [-0.4, -0.2) is 44.5 Å². The lowest BCUT2D eigenvalue weighted by atomic mass is 10.1. The van der Waals surface area contributed by atoms with Crippen molar-refractivity contribution < 1.29 is 23.8 Å². The van der Waals surface area contributed by atoms with Gasteiger partial charge in [0.05, 0.1) is 37.6 Å². The summed E-state index contributed by atoms with van der Waals surface area (Å²) < 4.78 is 15.1. The Labute approximate surface area is 138 Å². The predicted molar refractivity (Wildman–Crippen MR) is 86.1 cm³/mol. The van der Waals surface area contributed by atoms with Crippen molar-refractivity contribution in [2.45, 2.75) is 0 Å². The maximum atomic E-state index is 12.3. The van der Waals surface area contributed by atoms with Crippen molar-refractivity contribution in [2.75, 3.05) is 32.5 Å². The summed E-state index contributed by atoms with van der Waals surface area (Å²) in [6.07, 6.45) is 1.67. The van der Waals surface area contributed by atoms with Crippen LogP contribution in [0.4, 0.5) is 5.69 Å². The molecule has 0 atom stereocenters. The molecule has 7 nitrogen and oxygen atoms in total. The minimum Gasteiger partial charge on any atom is -0.466 e. The number of para-hydroxylation sites is 1. The molecular weight excluding hydrogens is 312 g/mol. The highest BCUT2D eigenvalue weighted by Gasteiger charge is 2.33. The average Bonchev–Trinajstić information content (AvgIpc) is 2.65. The largest absolute Gasteiger partial charge is 0.466 e. The van der Waals surface area contributed by atoms with Gasteiger partial charge in [-0.1, -0.05) is 18.2 Å². The molecule has 0 radical (unpaired) electrons. The number of anilines is 1. The van der Waals surface area contributed by atoms with Crippen molar-refractivity contribution in [3.8, 4) is 0 Å². The number of carbonyl (C=O) groups is 2. The standard InChI is InChI=1S/C17H16N2O5/c1-22-16(20)12-9-24-10-19(15(12)17(21)23-2)13-7-3-5-11-6-4-8-18-14(11)13/h3-8H,9-10H2,1-2H3. The molecule has 0 aliphatic carbocycles. The van der Waals surface area contributed by atoms with E-state index in [1.807, 2.05) is 30.3 Å². The molecule has 0 saturated heterocycles. The number of benzene rings is 1. The summed E-state index contributed by atoms with van der Waals surface area (Å²) in [4.78, 5) is 30.3. The number of hydrogen-bond acceptors (Lipinski definition) is 7. The van der Waals surface area contributed by atoms with Gasteiger partial charge in [-0.15, -0.1) is 0 Å². The monoisotopic (exact) mass is 328 g/mol. The molecule has 0 amide bonds. The maximum Gasteiger partial charge on any atom is 0.355 e. The van der Waals surface area contributed by atoms with Crippen LogP contribution >= 0.6 is 0 Å². The molecule has 1 aromatic carbocycles. The predicted octanol–water partition coefficient (Wildman–Crippen LogP) is 1.63. The van der Waals surface area contributed by atoms with Gasteiger partial charge in [0.25, 0.3) is 0 Å². The third-order valence-corrected chi connectivity index (χ3v) is 3.74. The van der Waals surface area contributed by atoms with Crippen molar-refractivity contribution in [3.63, 3.8) is 0 Å². The number of nitrogens with zero attached hydrogens (tertiary/aromatic N) is 2. The summed E-state index contributed by atoms with van der Waals surface area (Å²) in [5.41, 5.74) is 1.56. The molecule has 2 aromatic rings. The Bertz CT molecular complexity index is 825. The van der Waals surface area contributed by atoms with E-state index < -0.39 is 11.9 Å². The third kappa shape index (κ3) is 2.69. The number of carbonyl (C=O) groups excluding carboxylic acids is 2. The Hall–Kier alpha value is -2.93. The second-order valence-corrected chi connectivity index (χ2v) is 5.07. The second-order valence-electron chi connectivity index (χ2n) is 5.07. The van der Waals surface area contributed by atoms with Crippen molar-refractivity contribution >= 4 is 28.5 Å². The van der Waals surface area contributed by atoms with E-state index in [1.54, 1.807) is 11.1 Å². The number of fused-ring (bicyclic) bond motifs is 1. The molecule has 124 valence electrons. The van der Waals surface area contributed by atoms with Gasteiger partial charge < -0.3 is 19.1 Å². The fourth-order valence-corrected chi connectivity index (χ4v) is 2.64. The Morgan fingerprint density at radius 3 is 2.62 bits per heavy atom. The van der Waals surface area contributed by atoms with Gasteiger partial charge in [-0.3, -0.25) is 4.98 Å². The normalized spacial score (nSPS) is 14.7. The molecule has 24 heavy (non-hydrogen) atoms. The zero-order valence-electron chi connectivity index (χ0n) is 13.3. The van der Waals surface area contributed by atoms with Crippen LogP contribution in [0.25, 0.3) is 10.9 Å². The van der Waals surface area contributed by atoms with Crippen LogP contribution < -0.4 is 4.90 Å². The lowest BCUT2D eigenvalue weighted by Crippen LogP contribution is -2.38. The maximum absolute atomic E-state index is 12.3. The first-order valence-corrected chi connectivity index (χ1v) is 7.26. The van der Waals surface area contributed by atoms with Crippen molar-refractivity contribution in [3.05, 3.63) is 47.8 Å². The minimum atomic E-state index is -0.633. The first-order valence-electron chi connectivity index (χ1n) is 7.26. The van der Waals surface area contributed by atoms with Gasteiger partial charge in [0.15, 0.2) is 0 Å². The van der Waals surface area contributed by atoms with Gasteiger partial charge in [0.2, 0.25) is 0 Å². The summed E-state index contributed by atoms with van der Waals surface area (Å²) >= 11 is 0. The first kappa shape index (κ1) is 15.9. The van der Waals surface area contributed by atoms with Gasteiger partial charge in [-0.05, 0) is 12.1 Å².